The van der Waals surface area contributed by atoms with Crippen molar-refractivity contribution in [1.29, 1.82) is 0 Å². The maximum absolute atomic E-state index is 11.1. The zero-order valence-electron chi connectivity index (χ0n) is 15.3. The summed E-state index contributed by atoms with van der Waals surface area (Å²) in [6.45, 7) is 4.75. The molecule has 0 bridgehead atoms. The Bertz CT molecular complexity index is 983. The highest BCUT2D eigenvalue weighted by atomic mass is 32.1. The summed E-state index contributed by atoms with van der Waals surface area (Å²) in [5.41, 5.74) is 2.70. The van der Waals surface area contributed by atoms with Gasteiger partial charge in [0.1, 0.15) is 5.82 Å². The molecule has 0 unspecified atom stereocenters. The number of carboxylic acid groups (broad SMARTS) is 1. The number of nitrogens with zero attached hydrogens (tertiary/aromatic N) is 4. The molecule has 8 nitrogen and oxygen atoms in total. The summed E-state index contributed by atoms with van der Waals surface area (Å²) in [7, 11) is 0. The summed E-state index contributed by atoms with van der Waals surface area (Å²) < 4.78 is 5.44. The first kappa shape index (κ1) is 18.3. The number of carboxylic acids is 1. The second-order valence-corrected chi connectivity index (χ2v) is 7.19. The number of hydrogen-bond donors (Lipinski definition) is 2. The van der Waals surface area contributed by atoms with Crippen LogP contribution in [0.25, 0.3) is 11.3 Å². The molecule has 3 heterocycles. The van der Waals surface area contributed by atoms with Crippen molar-refractivity contribution in [2.45, 2.75) is 6.92 Å². The van der Waals surface area contributed by atoms with Crippen LogP contribution in [0.3, 0.4) is 0 Å². The molecular formula is C19H19N5O3S. The number of rotatable bonds is 5. The van der Waals surface area contributed by atoms with Crippen molar-refractivity contribution in [1.82, 2.24) is 15.0 Å². The standard InChI is InChI=1S/C19H19N5O3S/c1-12-11-28-19(20-12)23-18-21-15(13-2-4-14(5-3-13)17(25)26)10-16(22-18)24-6-8-27-9-7-24/h2-5,10-11H,6-9H2,1H3,(H,25,26)(H,20,21,22,23). The van der Waals surface area contributed by atoms with Gasteiger partial charge in [-0.1, -0.05) is 12.1 Å². The summed E-state index contributed by atoms with van der Waals surface area (Å²) in [5, 5.41) is 15.0. The molecule has 1 aromatic carbocycles. The minimum absolute atomic E-state index is 0.239. The highest BCUT2D eigenvalue weighted by Gasteiger charge is 2.16. The highest BCUT2D eigenvalue weighted by Crippen LogP contribution is 2.26. The van der Waals surface area contributed by atoms with Crippen LogP contribution in [0.4, 0.5) is 16.9 Å². The van der Waals surface area contributed by atoms with Crippen molar-refractivity contribution in [2.24, 2.45) is 0 Å². The second-order valence-electron chi connectivity index (χ2n) is 6.34. The van der Waals surface area contributed by atoms with E-state index in [0.717, 1.165) is 35.3 Å². The number of morpholine rings is 1. The highest BCUT2D eigenvalue weighted by molar-refractivity contribution is 7.13. The largest absolute Gasteiger partial charge is 0.478 e. The van der Waals surface area contributed by atoms with Crippen molar-refractivity contribution in [3.8, 4) is 11.3 Å². The molecule has 1 saturated heterocycles. The Kier molecular flexibility index (Phi) is 5.18. The van der Waals surface area contributed by atoms with Gasteiger partial charge in [-0.15, -0.1) is 11.3 Å². The molecule has 2 N–H and O–H groups in total. The van der Waals surface area contributed by atoms with E-state index < -0.39 is 5.97 Å². The normalized spacial score (nSPS) is 14.1. The fourth-order valence-corrected chi connectivity index (χ4v) is 3.57. The smallest absolute Gasteiger partial charge is 0.335 e. The van der Waals surface area contributed by atoms with Gasteiger partial charge in [0.15, 0.2) is 5.13 Å². The number of anilines is 3. The van der Waals surface area contributed by atoms with E-state index in [1.165, 1.54) is 11.3 Å². The van der Waals surface area contributed by atoms with Gasteiger partial charge >= 0.3 is 5.97 Å². The van der Waals surface area contributed by atoms with E-state index in [0.29, 0.717) is 24.9 Å². The molecule has 3 aromatic rings. The molecule has 0 amide bonds. The number of thiazole rings is 1. The van der Waals surface area contributed by atoms with Crippen LogP contribution in [-0.2, 0) is 4.74 Å². The van der Waals surface area contributed by atoms with Crippen molar-refractivity contribution < 1.29 is 14.6 Å². The summed E-state index contributed by atoms with van der Waals surface area (Å²) in [4.78, 5) is 26.9. The summed E-state index contributed by atoms with van der Waals surface area (Å²) >= 11 is 1.49. The summed E-state index contributed by atoms with van der Waals surface area (Å²) in [6.07, 6.45) is 0. The average Bonchev–Trinajstić information content (AvgIpc) is 3.13. The van der Waals surface area contributed by atoms with Crippen LogP contribution < -0.4 is 10.2 Å². The zero-order chi connectivity index (χ0) is 19.5. The Hall–Kier alpha value is -3.04. The Morgan fingerprint density at radius 3 is 2.57 bits per heavy atom. The predicted octanol–water partition coefficient (Wildman–Crippen LogP) is 3.19. The lowest BCUT2D eigenvalue weighted by atomic mass is 10.1. The van der Waals surface area contributed by atoms with Gasteiger partial charge in [-0.25, -0.2) is 14.8 Å². The molecular weight excluding hydrogens is 378 g/mol. The van der Waals surface area contributed by atoms with E-state index >= 15 is 0 Å². The molecule has 0 radical (unpaired) electrons. The number of benzene rings is 1. The van der Waals surface area contributed by atoms with Gasteiger partial charge in [-0.3, -0.25) is 5.32 Å². The zero-order valence-corrected chi connectivity index (χ0v) is 16.1. The molecule has 144 valence electrons. The molecule has 0 spiro atoms. The first-order valence-electron chi connectivity index (χ1n) is 8.83. The van der Waals surface area contributed by atoms with Crippen LogP contribution in [0, 0.1) is 6.92 Å². The summed E-state index contributed by atoms with van der Waals surface area (Å²) in [6, 6.07) is 8.58. The minimum Gasteiger partial charge on any atom is -0.478 e. The molecule has 0 atom stereocenters. The van der Waals surface area contributed by atoms with Crippen LogP contribution in [0.2, 0.25) is 0 Å². The number of hydrogen-bond acceptors (Lipinski definition) is 8. The van der Waals surface area contributed by atoms with Gasteiger partial charge in [0.05, 0.1) is 30.2 Å². The van der Waals surface area contributed by atoms with Crippen LogP contribution in [0.15, 0.2) is 35.7 Å². The third kappa shape index (κ3) is 4.10. The van der Waals surface area contributed by atoms with Crippen molar-refractivity contribution >= 4 is 34.2 Å². The van der Waals surface area contributed by atoms with Gasteiger partial charge in [0.25, 0.3) is 0 Å². The van der Waals surface area contributed by atoms with E-state index in [-0.39, 0.29) is 5.56 Å². The second kappa shape index (κ2) is 7.91. The Labute approximate surface area is 165 Å². The number of carbonyl (C=O) groups is 1. The van der Waals surface area contributed by atoms with Gasteiger partial charge in [0, 0.05) is 30.1 Å². The molecule has 28 heavy (non-hydrogen) atoms. The van der Waals surface area contributed by atoms with Crippen LogP contribution in [0.5, 0.6) is 0 Å². The Morgan fingerprint density at radius 1 is 1.18 bits per heavy atom. The first-order chi connectivity index (χ1) is 13.6. The van der Waals surface area contributed by atoms with Gasteiger partial charge in [0.2, 0.25) is 5.95 Å². The number of aryl methyl sites for hydroxylation is 1. The number of ether oxygens (including phenoxy) is 1. The van der Waals surface area contributed by atoms with E-state index in [2.05, 4.69) is 25.2 Å². The lowest BCUT2D eigenvalue weighted by Crippen LogP contribution is -2.36. The topological polar surface area (TPSA) is 100 Å². The fourth-order valence-electron chi connectivity index (χ4n) is 2.88. The number of aromatic nitrogens is 3. The number of nitrogens with one attached hydrogen (secondary N) is 1. The van der Waals surface area contributed by atoms with E-state index in [4.69, 9.17) is 9.84 Å². The van der Waals surface area contributed by atoms with E-state index in [1.807, 2.05) is 18.4 Å². The Morgan fingerprint density at radius 2 is 1.93 bits per heavy atom. The molecule has 4 rings (SSSR count). The minimum atomic E-state index is -0.954. The fraction of sp³-hybridized carbons (Fsp3) is 0.263. The van der Waals surface area contributed by atoms with E-state index in [1.54, 1.807) is 24.3 Å². The Balaban J connectivity index is 1.71. The molecule has 0 aliphatic carbocycles. The van der Waals surface area contributed by atoms with Crippen molar-refractivity contribution in [3.63, 3.8) is 0 Å². The van der Waals surface area contributed by atoms with Crippen molar-refractivity contribution in [3.05, 3.63) is 47.0 Å². The number of aromatic carboxylic acids is 1. The molecule has 2 aromatic heterocycles. The average molecular weight is 397 g/mol. The molecule has 1 fully saturated rings. The van der Waals surface area contributed by atoms with Gasteiger partial charge in [-0.2, -0.15) is 4.98 Å². The predicted molar refractivity (Wildman–Crippen MR) is 108 cm³/mol. The quantitative estimate of drug-likeness (QED) is 0.677. The molecule has 9 heteroatoms. The summed E-state index contributed by atoms with van der Waals surface area (Å²) in [5.74, 6) is 0.298. The SMILES string of the molecule is Cc1csc(Nc2nc(-c3ccc(C(=O)O)cc3)cc(N3CCOCC3)n2)n1. The molecule has 0 saturated carbocycles. The maximum atomic E-state index is 11.1. The maximum Gasteiger partial charge on any atom is 0.335 e. The van der Waals surface area contributed by atoms with Gasteiger partial charge < -0.3 is 14.7 Å². The van der Waals surface area contributed by atoms with Crippen molar-refractivity contribution in [2.75, 3.05) is 36.5 Å². The molecule has 1 aliphatic heterocycles. The third-order valence-electron chi connectivity index (χ3n) is 4.31. The van der Waals surface area contributed by atoms with Crippen LogP contribution in [-0.4, -0.2) is 52.3 Å². The van der Waals surface area contributed by atoms with E-state index in [9.17, 15) is 4.79 Å². The molecule has 1 aliphatic rings. The van der Waals surface area contributed by atoms with Crippen LogP contribution in [0.1, 0.15) is 16.1 Å². The third-order valence-corrected chi connectivity index (χ3v) is 5.19. The monoisotopic (exact) mass is 397 g/mol. The van der Waals surface area contributed by atoms with Crippen LogP contribution >= 0.6 is 11.3 Å². The lowest BCUT2D eigenvalue weighted by Gasteiger charge is -2.28. The first-order valence-corrected chi connectivity index (χ1v) is 9.71. The lowest BCUT2D eigenvalue weighted by molar-refractivity contribution is 0.0697. The van der Waals surface area contributed by atoms with Gasteiger partial charge in [-0.05, 0) is 19.1 Å².